The number of pyridine rings is 1. The molecule has 0 aliphatic rings. The van der Waals surface area contributed by atoms with E-state index in [2.05, 4.69) is 20.9 Å². The van der Waals surface area contributed by atoms with E-state index < -0.39 is 0 Å². The maximum absolute atomic E-state index is 13.2. The first kappa shape index (κ1) is 12.8. The van der Waals surface area contributed by atoms with Gasteiger partial charge in [-0.3, -0.25) is 0 Å². The third-order valence-electron chi connectivity index (χ3n) is 2.46. The average Bonchev–Trinajstić information content (AvgIpc) is 2.38. The second-order valence-corrected chi connectivity index (χ2v) is 4.30. The summed E-state index contributed by atoms with van der Waals surface area (Å²) in [4.78, 5) is 4.22. The van der Waals surface area contributed by atoms with Gasteiger partial charge >= 0.3 is 0 Å². The van der Waals surface area contributed by atoms with Crippen molar-refractivity contribution >= 4 is 15.9 Å². The molecule has 0 atom stereocenters. The predicted octanol–water partition coefficient (Wildman–Crippen LogP) is 3.67. The normalized spacial score (nSPS) is 10.2. The zero-order valence-electron chi connectivity index (χ0n) is 9.91. The molecule has 0 saturated carbocycles. The monoisotopic (exact) mass is 311 g/mol. The highest BCUT2D eigenvalue weighted by Crippen LogP contribution is 2.35. The molecule has 0 unspecified atom stereocenters. The van der Waals surface area contributed by atoms with Crippen LogP contribution in [0.2, 0.25) is 0 Å². The molecule has 0 spiro atoms. The van der Waals surface area contributed by atoms with Crippen molar-refractivity contribution in [3.63, 3.8) is 0 Å². The summed E-state index contributed by atoms with van der Waals surface area (Å²) in [6.45, 7) is 0. The molecule has 0 amide bonds. The topological polar surface area (TPSA) is 31.4 Å². The van der Waals surface area contributed by atoms with Gasteiger partial charge in [0.05, 0.1) is 14.2 Å². The molecule has 3 nitrogen and oxygen atoms in total. The minimum atomic E-state index is -0.297. The Hall–Kier alpha value is -1.62. The first-order chi connectivity index (χ1) is 8.65. The van der Waals surface area contributed by atoms with Gasteiger partial charge in [0.1, 0.15) is 10.4 Å². The zero-order valence-corrected chi connectivity index (χ0v) is 11.5. The molecule has 2 aromatic rings. The fourth-order valence-corrected chi connectivity index (χ4v) is 2.11. The lowest BCUT2D eigenvalue weighted by Gasteiger charge is -2.10. The minimum Gasteiger partial charge on any atom is -0.491 e. The van der Waals surface area contributed by atoms with Crippen LogP contribution in [-0.2, 0) is 0 Å². The molecular formula is C13H11BrFNO2. The van der Waals surface area contributed by atoms with Crippen LogP contribution in [0.5, 0.6) is 11.6 Å². The molecule has 1 heterocycles. The lowest BCUT2D eigenvalue weighted by Crippen LogP contribution is -1.95. The second-order valence-electron chi connectivity index (χ2n) is 3.55. The number of hydrogen-bond donors (Lipinski definition) is 0. The number of nitrogens with zero attached hydrogens (tertiary/aromatic N) is 1. The Morgan fingerprint density at radius 2 is 1.94 bits per heavy atom. The van der Waals surface area contributed by atoms with E-state index in [-0.39, 0.29) is 5.82 Å². The van der Waals surface area contributed by atoms with Crippen LogP contribution < -0.4 is 9.47 Å². The van der Waals surface area contributed by atoms with E-state index in [0.29, 0.717) is 16.2 Å². The molecule has 18 heavy (non-hydrogen) atoms. The van der Waals surface area contributed by atoms with E-state index in [4.69, 9.17) is 9.47 Å². The minimum absolute atomic E-state index is 0.297. The Kier molecular flexibility index (Phi) is 3.81. The number of halogens is 2. The van der Waals surface area contributed by atoms with Gasteiger partial charge in [0.15, 0.2) is 5.75 Å². The molecule has 0 aliphatic carbocycles. The number of methoxy groups -OCH3 is 2. The maximum Gasteiger partial charge on any atom is 0.257 e. The summed E-state index contributed by atoms with van der Waals surface area (Å²) in [5, 5.41) is 0. The largest absolute Gasteiger partial charge is 0.491 e. The van der Waals surface area contributed by atoms with Crippen molar-refractivity contribution < 1.29 is 13.9 Å². The fraction of sp³-hybridized carbons (Fsp3) is 0.154. The van der Waals surface area contributed by atoms with Crippen LogP contribution in [0.25, 0.3) is 11.1 Å². The molecule has 0 saturated heterocycles. The molecule has 94 valence electrons. The Labute approximate surface area is 113 Å². The third-order valence-corrected chi connectivity index (χ3v) is 3.06. The third kappa shape index (κ3) is 2.46. The van der Waals surface area contributed by atoms with Gasteiger partial charge in [-0.1, -0.05) is 12.1 Å². The van der Waals surface area contributed by atoms with Gasteiger partial charge in [0.2, 0.25) is 0 Å². The molecule has 1 aromatic carbocycles. The molecule has 0 N–H and O–H groups in total. The summed E-state index contributed by atoms with van der Waals surface area (Å²) in [5.74, 6) is 0.582. The van der Waals surface area contributed by atoms with E-state index in [9.17, 15) is 4.39 Å². The van der Waals surface area contributed by atoms with Gasteiger partial charge in [-0.25, -0.2) is 9.37 Å². The second kappa shape index (κ2) is 5.35. The van der Waals surface area contributed by atoms with Crippen molar-refractivity contribution in [3.05, 3.63) is 40.8 Å². The van der Waals surface area contributed by atoms with Crippen LogP contribution in [0.1, 0.15) is 0 Å². The number of ether oxygens (including phenoxy) is 2. The van der Waals surface area contributed by atoms with Crippen LogP contribution in [0.4, 0.5) is 4.39 Å². The van der Waals surface area contributed by atoms with Crippen molar-refractivity contribution in [3.8, 4) is 22.8 Å². The van der Waals surface area contributed by atoms with E-state index >= 15 is 0 Å². The summed E-state index contributed by atoms with van der Waals surface area (Å²) >= 11 is 3.34. The molecule has 0 aliphatic heterocycles. The summed E-state index contributed by atoms with van der Waals surface area (Å²) < 4.78 is 24.1. The zero-order chi connectivity index (χ0) is 13.1. The van der Waals surface area contributed by atoms with E-state index in [1.165, 1.54) is 26.4 Å². The maximum atomic E-state index is 13.2. The SMILES string of the molecule is COc1cc(-c2cccc(F)c2)c(Br)nc1OC. The molecule has 2 rings (SSSR count). The van der Waals surface area contributed by atoms with Gasteiger partial charge in [0.25, 0.3) is 5.88 Å². The molecule has 5 heteroatoms. The Morgan fingerprint density at radius 1 is 1.17 bits per heavy atom. The van der Waals surface area contributed by atoms with Gasteiger partial charge in [-0.15, -0.1) is 0 Å². The smallest absolute Gasteiger partial charge is 0.257 e. The Balaban J connectivity index is 2.57. The van der Waals surface area contributed by atoms with Crippen LogP contribution in [0, 0.1) is 5.82 Å². The number of benzene rings is 1. The van der Waals surface area contributed by atoms with Crippen molar-refractivity contribution in [1.29, 1.82) is 0 Å². The van der Waals surface area contributed by atoms with Crippen LogP contribution in [0.3, 0.4) is 0 Å². The van der Waals surface area contributed by atoms with Gasteiger partial charge in [-0.05, 0) is 39.7 Å². The molecular weight excluding hydrogens is 301 g/mol. The standard InChI is InChI=1S/C13H11BrFNO2/c1-17-11-7-10(12(14)16-13(11)18-2)8-4-3-5-9(15)6-8/h3-7H,1-2H3. The van der Waals surface area contributed by atoms with Crippen LogP contribution in [-0.4, -0.2) is 19.2 Å². The summed E-state index contributed by atoms with van der Waals surface area (Å²) in [6.07, 6.45) is 0. The molecule has 0 radical (unpaired) electrons. The Bertz CT molecular complexity index is 575. The number of hydrogen-bond acceptors (Lipinski definition) is 3. The Morgan fingerprint density at radius 3 is 2.56 bits per heavy atom. The highest BCUT2D eigenvalue weighted by molar-refractivity contribution is 9.10. The molecule has 1 aromatic heterocycles. The lowest BCUT2D eigenvalue weighted by molar-refractivity contribution is 0.342. The first-order valence-electron chi connectivity index (χ1n) is 5.20. The molecule has 0 bridgehead atoms. The van der Waals surface area contributed by atoms with Crippen LogP contribution in [0.15, 0.2) is 34.9 Å². The van der Waals surface area contributed by atoms with Crippen molar-refractivity contribution in [2.45, 2.75) is 0 Å². The number of rotatable bonds is 3. The van der Waals surface area contributed by atoms with Crippen LogP contribution >= 0.6 is 15.9 Å². The number of aromatic nitrogens is 1. The van der Waals surface area contributed by atoms with E-state index in [1.807, 2.05) is 0 Å². The van der Waals surface area contributed by atoms with Crippen molar-refractivity contribution in [2.75, 3.05) is 14.2 Å². The van der Waals surface area contributed by atoms with Gasteiger partial charge in [0, 0.05) is 5.56 Å². The van der Waals surface area contributed by atoms with Gasteiger partial charge in [-0.2, -0.15) is 0 Å². The van der Waals surface area contributed by atoms with Gasteiger partial charge < -0.3 is 9.47 Å². The van der Waals surface area contributed by atoms with Crippen molar-refractivity contribution in [2.24, 2.45) is 0 Å². The lowest BCUT2D eigenvalue weighted by atomic mass is 10.1. The van der Waals surface area contributed by atoms with E-state index in [1.54, 1.807) is 18.2 Å². The predicted molar refractivity (Wildman–Crippen MR) is 70.4 cm³/mol. The summed E-state index contributed by atoms with van der Waals surface area (Å²) in [5.41, 5.74) is 1.46. The fourth-order valence-electron chi connectivity index (χ4n) is 1.61. The highest BCUT2D eigenvalue weighted by Gasteiger charge is 2.13. The molecule has 0 fully saturated rings. The quantitative estimate of drug-likeness (QED) is 0.811. The summed E-state index contributed by atoms with van der Waals surface area (Å²) in [7, 11) is 3.04. The van der Waals surface area contributed by atoms with E-state index in [0.717, 1.165) is 11.1 Å². The van der Waals surface area contributed by atoms with Crippen molar-refractivity contribution in [1.82, 2.24) is 4.98 Å². The highest BCUT2D eigenvalue weighted by atomic mass is 79.9. The summed E-state index contributed by atoms with van der Waals surface area (Å²) in [6, 6.07) is 8.04. The average molecular weight is 312 g/mol. The first-order valence-corrected chi connectivity index (χ1v) is 5.99.